The molecule has 1 amide bonds. The van der Waals surface area contributed by atoms with Crippen molar-refractivity contribution >= 4 is 23.3 Å². The minimum Gasteiger partial charge on any atom is -0.356 e. The topological polar surface area (TPSA) is 78.0 Å². The summed E-state index contributed by atoms with van der Waals surface area (Å²) in [5, 5.41) is 7.01. The van der Waals surface area contributed by atoms with E-state index in [1.165, 1.54) is 6.33 Å². The SMILES string of the molecule is O=C(c1ncn[nH]1)N1CC2CN(c3ccc(Cl)cn3)CC2C1. The van der Waals surface area contributed by atoms with Gasteiger partial charge in [-0.1, -0.05) is 11.6 Å². The number of fused-ring (bicyclic) bond motifs is 1. The molecule has 2 saturated heterocycles. The summed E-state index contributed by atoms with van der Waals surface area (Å²) in [5.74, 6) is 2.15. The zero-order valence-electron chi connectivity index (χ0n) is 11.8. The minimum absolute atomic E-state index is 0.0666. The fourth-order valence-corrected chi connectivity index (χ4v) is 3.47. The van der Waals surface area contributed by atoms with Crippen LogP contribution in [0.2, 0.25) is 5.02 Å². The maximum Gasteiger partial charge on any atom is 0.291 e. The molecule has 0 radical (unpaired) electrons. The lowest BCUT2D eigenvalue weighted by Crippen LogP contribution is -2.34. The van der Waals surface area contributed by atoms with Gasteiger partial charge in [0.25, 0.3) is 5.91 Å². The maximum absolute atomic E-state index is 12.3. The normalized spacial score (nSPS) is 23.9. The van der Waals surface area contributed by atoms with E-state index >= 15 is 0 Å². The third-order valence-corrected chi connectivity index (χ3v) is 4.65. The van der Waals surface area contributed by atoms with Gasteiger partial charge >= 0.3 is 0 Å². The predicted molar refractivity (Wildman–Crippen MR) is 80.7 cm³/mol. The lowest BCUT2D eigenvalue weighted by atomic mass is 10.0. The van der Waals surface area contributed by atoms with E-state index in [0.29, 0.717) is 22.7 Å². The largest absolute Gasteiger partial charge is 0.356 e. The first-order valence-electron chi connectivity index (χ1n) is 7.22. The molecule has 0 saturated carbocycles. The summed E-state index contributed by atoms with van der Waals surface area (Å²) in [6, 6.07) is 3.80. The van der Waals surface area contributed by atoms with Gasteiger partial charge in [-0.15, -0.1) is 0 Å². The molecule has 2 fully saturated rings. The number of nitrogens with one attached hydrogen (secondary N) is 1. The zero-order valence-corrected chi connectivity index (χ0v) is 12.6. The molecule has 22 heavy (non-hydrogen) atoms. The number of carbonyl (C=O) groups excluding carboxylic acids is 1. The van der Waals surface area contributed by atoms with Crippen LogP contribution in [0.25, 0.3) is 0 Å². The number of hydrogen-bond acceptors (Lipinski definition) is 5. The molecular formula is C14H15ClN6O. The molecule has 0 spiro atoms. The number of amides is 1. The van der Waals surface area contributed by atoms with Crippen LogP contribution < -0.4 is 4.90 Å². The number of aromatic amines is 1. The van der Waals surface area contributed by atoms with Crippen LogP contribution in [0.4, 0.5) is 5.82 Å². The van der Waals surface area contributed by atoms with Crippen molar-refractivity contribution in [3.63, 3.8) is 0 Å². The molecule has 0 aliphatic carbocycles. The van der Waals surface area contributed by atoms with Gasteiger partial charge in [-0.2, -0.15) is 5.10 Å². The maximum atomic E-state index is 12.3. The van der Waals surface area contributed by atoms with Crippen LogP contribution in [-0.4, -0.2) is 57.2 Å². The molecule has 0 aromatic carbocycles. The third-order valence-electron chi connectivity index (χ3n) is 4.43. The van der Waals surface area contributed by atoms with Crippen molar-refractivity contribution in [2.24, 2.45) is 11.8 Å². The van der Waals surface area contributed by atoms with Gasteiger partial charge in [-0.3, -0.25) is 9.89 Å². The lowest BCUT2D eigenvalue weighted by molar-refractivity contribution is 0.0771. The highest BCUT2D eigenvalue weighted by Crippen LogP contribution is 2.33. The van der Waals surface area contributed by atoms with Crippen molar-refractivity contribution in [2.75, 3.05) is 31.1 Å². The number of likely N-dealkylation sites (tertiary alicyclic amines) is 1. The number of nitrogens with zero attached hydrogens (tertiary/aromatic N) is 5. The Kier molecular flexibility index (Phi) is 3.22. The highest BCUT2D eigenvalue weighted by Gasteiger charge is 2.42. The van der Waals surface area contributed by atoms with E-state index in [1.54, 1.807) is 6.20 Å². The van der Waals surface area contributed by atoms with Gasteiger partial charge in [0.1, 0.15) is 12.1 Å². The molecule has 4 heterocycles. The minimum atomic E-state index is -0.0666. The Labute approximate surface area is 132 Å². The average molecular weight is 319 g/mol. The van der Waals surface area contributed by atoms with E-state index < -0.39 is 0 Å². The van der Waals surface area contributed by atoms with E-state index in [9.17, 15) is 4.79 Å². The highest BCUT2D eigenvalue weighted by atomic mass is 35.5. The monoisotopic (exact) mass is 318 g/mol. The summed E-state index contributed by atoms with van der Waals surface area (Å²) < 4.78 is 0. The highest BCUT2D eigenvalue weighted by molar-refractivity contribution is 6.30. The van der Waals surface area contributed by atoms with Crippen LogP contribution in [0.15, 0.2) is 24.7 Å². The van der Waals surface area contributed by atoms with Crippen molar-refractivity contribution in [1.82, 2.24) is 25.1 Å². The molecule has 1 N–H and O–H groups in total. The number of anilines is 1. The van der Waals surface area contributed by atoms with Gasteiger partial charge < -0.3 is 9.80 Å². The zero-order chi connectivity index (χ0) is 15.1. The molecule has 2 aliphatic rings. The molecule has 114 valence electrons. The molecule has 2 aliphatic heterocycles. The van der Waals surface area contributed by atoms with Crippen LogP contribution >= 0.6 is 11.6 Å². The summed E-state index contributed by atoms with van der Waals surface area (Å²) in [7, 11) is 0. The Bertz CT molecular complexity index is 659. The number of hydrogen-bond donors (Lipinski definition) is 1. The summed E-state index contributed by atoms with van der Waals surface area (Å²) in [6.07, 6.45) is 3.03. The summed E-state index contributed by atoms with van der Waals surface area (Å²) in [5.41, 5.74) is 0. The fraction of sp³-hybridized carbons (Fsp3) is 0.429. The van der Waals surface area contributed by atoms with Crippen LogP contribution in [0.1, 0.15) is 10.6 Å². The number of pyridine rings is 1. The average Bonchev–Trinajstić information content (AvgIpc) is 3.23. The van der Waals surface area contributed by atoms with Crippen molar-refractivity contribution in [3.8, 4) is 0 Å². The Hall–Kier alpha value is -2.15. The van der Waals surface area contributed by atoms with E-state index in [0.717, 1.165) is 32.0 Å². The van der Waals surface area contributed by atoms with E-state index in [4.69, 9.17) is 11.6 Å². The molecule has 2 aromatic rings. The first kappa shape index (κ1) is 13.5. The molecule has 8 heteroatoms. The van der Waals surface area contributed by atoms with Crippen LogP contribution in [0.5, 0.6) is 0 Å². The number of H-pyrrole nitrogens is 1. The molecule has 2 atom stereocenters. The van der Waals surface area contributed by atoms with Gasteiger partial charge in [-0.05, 0) is 12.1 Å². The second-order valence-electron chi connectivity index (χ2n) is 5.80. The molecule has 7 nitrogen and oxygen atoms in total. The fourth-order valence-electron chi connectivity index (χ4n) is 3.36. The third kappa shape index (κ3) is 2.31. The second kappa shape index (κ2) is 5.24. The standard InChI is InChI=1S/C14H15ClN6O/c15-11-1-2-12(16-3-11)20-4-9-6-21(7-10(9)5-20)14(22)13-17-8-18-19-13/h1-3,8-10H,4-7H2,(H,17,18,19). The van der Waals surface area contributed by atoms with Crippen molar-refractivity contribution in [3.05, 3.63) is 35.5 Å². The van der Waals surface area contributed by atoms with Gasteiger partial charge in [0.15, 0.2) is 0 Å². The van der Waals surface area contributed by atoms with Crippen LogP contribution in [0.3, 0.4) is 0 Å². The second-order valence-corrected chi connectivity index (χ2v) is 6.24. The molecule has 0 bridgehead atoms. The van der Waals surface area contributed by atoms with Crippen molar-refractivity contribution < 1.29 is 4.79 Å². The van der Waals surface area contributed by atoms with E-state index in [2.05, 4.69) is 25.1 Å². The number of rotatable bonds is 2. The molecule has 2 aromatic heterocycles. The summed E-state index contributed by atoms with van der Waals surface area (Å²) in [4.78, 5) is 24.7. The Morgan fingerprint density at radius 2 is 1.95 bits per heavy atom. The van der Waals surface area contributed by atoms with Gasteiger partial charge in [0.05, 0.1) is 5.02 Å². The summed E-state index contributed by atoms with van der Waals surface area (Å²) in [6.45, 7) is 3.35. The number of halogens is 1. The molecular weight excluding hydrogens is 304 g/mol. The van der Waals surface area contributed by atoms with Crippen LogP contribution in [-0.2, 0) is 0 Å². The Balaban J connectivity index is 1.42. The van der Waals surface area contributed by atoms with Crippen molar-refractivity contribution in [1.29, 1.82) is 0 Å². The Morgan fingerprint density at radius 1 is 1.18 bits per heavy atom. The van der Waals surface area contributed by atoms with Gasteiger partial charge in [0, 0.05) is 44.2 Å². The first-order chi connectivity index (χ1) is 10.7. The molecule has 4 rings (SSSR count). The van der Waals surface area contributed by atoms with E-state index in [-0.39, 0.29) is 5.91 Å². The predicted octanol–water partition coefficient (Wildman–Crippen LogP) is 1.06. The first-order valence-corrected chi connectivity index (χ1v) is 7.59. The number of carbonyl (C=O) groups is 1. The van der Waals surface area contributed by atoms with Gasteiger partial charge in [0.2, 0.25) is 5.82 Å². The quantitative estimate of drug-likeness (QED) is 0.896. The van der Waals surface area contributed by atoms with Gasteiger partial charge in [-0.25, -0.2) is 9.97 Å². The van der Waals surface area contributed by atoms with E-state index in [1.807, 2.05) is 17.0 Å². The lowest BCUT2D eigenvalue weighted by Gasteiger charge is -2.21. The Morgan fingerprint density at radius 3 is 2.55 bits per heavy atom. The van der Waals surface area contributed by atoms with Crippen molar-refractivity contribution in [2.45, 2.75) is 0 Å². The van der Waals surface area contributed by atoms with Crippen LogP contribution in [0, 0.1) is 11.8 Å². The summed E-state index contributed by atoms with van der Waals surface area (Å²) >= 11 is 5.88. The number of aromatic nitrogens is 4. The molecule has 2 unspecified atom stereocenters. The smallest absolute Gasteiger partial charge is 0.291 e.